The molecule has 0 aliphatic heterocycles. The van der Waals surface area contributed by atoms with Crippen molar-refractivity contribution < 1.29 is 13.2 Å². The molecule has 1 aliphatic carbocycles. The fourth-order valence-electron chi connectivity index (χ4n) is 1.84. The molecule has 2 rings (SSSR count). The zero-order valence-electron chi connectivity index (χ0n) is 10.4. The summed E-state index contributed by atoms with van der Waals surface area (Å²) < 4.78 is 39.0. The third-order valence-corrected chi connectivity index (χ3v) is 3.50. The lowest BCUT2D eigenvalue weighted by molar-refractivity contribution is -0.138. The number of benzene rings is 1. The van der Waals surface area contributed by atoms with E-state index in [-0.39, 0.29) is 12.1 Å². The van der Waals surface area contributed by atoms with Gasteiger partial charge in [-0.05, 0) is 30.5 Å². The van der Waals surface area contributed by atoms with Crippen LogP contribution in [0.3, 0.4) is 0 Å². The largest absolute Gasteiger partial charge is 0.416 e. The number of rotatable bonds is 6. The molecule has 1 aromatic rings. The normalized spacial score (nSPS) is 15.8. The van der Waals surface area contributed by atoms with Crippen molar-refractivity contribution in [2.45, 2.75) is 31.6 Å². The van der Waals surface area contributed by atoms with Gasteiger partial charge >= 0.3 is 6.18 Å². The number of halogens is 4. The molecular weight excluding hydrogens is 321 g/mol. The van der Waals surface area contributed by atoms with Crippen molar-refractivity contribution in [3.8, 4) is 0 Å². The summed E-state index contributed by atoms with van der Waals surface area (Å²) in [5, 5.41) is 6.34. The van der Waals surface area contributed by atoms with Crippen molar-refractivity contribution in [1.29, 1.82) is 0 Å². The van der Waals surface area contributed by atoms with Gasteiger partial charge < -0.3 is 10.6 Å². The Morgan fingerprint density at radius 1 is 1.21 bits per heavy atom. The van der Waals surface area contributed by atoms with Gasteiger partial charge in [0.2, 0.25) is 0 Å². The molecule has 0 bridgehead atoms. The van der Waals surface area contributed by atoms with Crippen LogP contribution in [0.4, 0.5) is 13.2 Å². The van der Waals surface area contributed by atoms with Crippen LogP contribution in [0.1, 0.15) is 24.0 Å². The van der Waals surface area contributed by atoms with Crippen molar-refractivity contribution in [3.63, 3.8) is 0 Å². The Balaban J connectivity index is 1.87. The van der Waals surface area contributed by atoms with E-state index in [1.807, 2.05) is 0 Å². The average molecular weight is 337 g/mol. The Kier molecular flexibility index (Phi) is 4.86. The highest BCUT2D eigenvalue weighted by atomic mass is 79.9. The first-order valence-corrected chi connectivity index (χ1v) is 7.06. The van der Waals surface area contributed by atoms with Gasteiger partial charge in [0, 0.05) is 30.1 Å². The van der Waals surface area contributed by atoms with Crippen LogP contribution >= 0.6 is 15.9 Å². The van der Waals surface area contributed by atoms with Crippen LogP contribution < -0.4 is 10.6 Å². The molecule has 2 nitrogen and oxygen atoms in total. The molecule has 1 saturated carbocycles. The summed E-state index contributed by atoms with van der Waals surface area (Å²) in [6, 6.07) is 4.89. The van der Waals surface area contributed by atoms with Crippen LogP contribution in [0, 0.1) is 0 Å². The molecule has 0 saturated heterocycles. The minimum atomic E-state index is -4.31. The monoisotopic (exact) mass is 336 g/mol. The van der Waals surface area contributed by atoms with Gasteiger partial charge in [0.1, 0.15) is 0 Å². The van der Waals surface area contributed by atoms with Crippen molar-refractivity contribution in [2.75, 3.05) is 13.1 Å². The molecule has 2 N–H and O–H groups in total. The lowest BCUT2D eigenvalue weighted by Crippen LogP contribution is -2.28. The summed E-state index contributed by atoms with van der Waals surface area (Å²) in [6.45, 7) is 1.70. The molecule has 6 heteroatoms. The second-order valence-corrected chi connectivity index (χ2v) is 5.62. The summed E-state index contributed by atoms with van der Waals surface area (Å²) >= 11 is 3.07. The third kappa shape index (κ3) is 4.78. The van der Waals surface area contributed by atoms with Crippen LogP contribution in [-0.4, -0.2) is 19.1 Å². The first kappa shape index (κ1) is 14.8. The maximum Gasteiger partial charge on any atom is 0.416 e. The van der Waals surface area contributed by atoms with Gasteiger partial charge in [-0.3, -0.25) is 0 Å². The van der Waals surface area contributed by atoms with Crippen LogP contribution in [0.2, 0.25) is 0 Å². The number of hydrogen-bond acceptors (Lipinski definition) is 2. The number of hydrogen-bond donors (Lipinski definition) is 2. The van der Waals surface area contributed by atoms with Gasteiger partial charge in [-0.1, -0.05) is 22.0 Å². The van der Waals surface area contributed by atoms with E-state index in [1.54, 1.807) is 6.07 Å². The smallest absolute Gasteiger partial charge is 0.313 e. The first-order chi connectivity index (χ1) is 8.97. The third-order valence-electron chi connectivity index (χ3n) is 3.00. The van der Waals surface area contributed by atoms with E-state index in [9.17, 15) is 13.2 Å². The second kappa shape index (κ2) is 6.24. The van der Waals surface area contributed by atoms with Crippen molar-refractivity contribution >= 4 is 15.9 Å². The lowest BCUT2D eigenvalue weighted by Gasteiger charge is -2.14. The molecule has 0 unspecified atom stereocenters. The summed E-state index contributed by atoms with van der Waals surface area (Å²) in [4.78, 5) is 0. The van der Waals surface area contributed by atoms with Crippen molar-refractivity contribution in [1.82, 2.24) is 10.6 Å². The van der Waals surface area contributed by atoms with Crippen LogP contribution in [-0.2, 0) is 12.7 Å². The van der Waals surface area contributed by atoms with E-state index < -0.39 is 11.7 Å². The Bertz CT molecular complexity index is 430. The predicted molar refractivity (Wildman–Crippen MR) is 71.9 cm³/mol. The maximum atomic E-state index is 12.9. The van der Waals surface area contributed by atoms with Crippen LogP contribution in [0.25, 0.3) is 0 Å². The summed E-state index contributed by atoms with van der Waals surface area (Å²) in [5.74, 6) is 0. The summed E-state index contributed by atoms with van der Waals surface area (Å²) in [7, 11) is 0. The first-order valence-electron chi connectivity index (χ1n) is 6.26. The average Bonchev–Trinajstić information content (AvgIpc) is 3.13. The molecular formula is C13H16BrF3N2. The van der Waals surface area contributed by atoms with E-state index in [1.165, 1.54) is 18.9 Å². The Morgan fingerprint density at radius 3 is 2.58 bits per heavy atom. The SMILES string of the molecule is FC(F)(F)c1cc(Br)ccc1CNCCNC1CC1. The predicted octanol–water partition coefficient (Wildman–Crippen LogP) is 3.31. The number of alkyl halides is 3. The lowest BCUT2D eigenvalue weighted by atomic mass is 10.1. The maximum absolute atomic E-state index is 12.9. The van der Waals surface area contributed by atoms with Gasteiger partial charge in [-0.25, -0.2) is 0 Å². The molecule has 0 heterocycles. The minimum absolute atomic E-state index is 0.231. The van der Waals surface area contributed by atoms with Gasteiger partial charge in [0.15, 0.2) is 0 Å². The van der Waals surface area contributed by atoms with Crippen molar-refractivity contribution in [2.24, 2.45) is 0 Å². The van der Waals surface area contributed by atoms with Crippen LogP contribution in [0.5, 0.6) is 0 Å². The van der Waals surface area contributed by atoms with Gasteiger partial charge in [0.25, 0.3) is 0 Å². The number of nitrogens with one attached hydrogen (secondary N) is 2. The van der Waals surface area contributed by atoms with E-state index in [0.29, 0.717) is 17.1 Å². The van der Waals surface area contributed by atoms with Crippen molar-refractivity contribution in [3.05, 3.63) is 33.8 Å². The zero-order valence-corrected chi connectivity index (χ0v) is 11.9. The van der Waals surface area contributed by atoms with Gasteiger partial charge in [-0.15, -0.1) is 0 Å². The Labute approximate surface area is 118 Å². The molecule has 106 valence electrons. The molecule has 0 atom stereocenters. The van der Waals surface area contributed by atoms with E-state index in [2.05, 4.69) is 26.6 Å². The summed E-state index contributed by atoms with van der Waals surface area (Å²) in [6.07, 6.45) is -1.89. The highest BCUT2D eigenvalue weighted by molar-refractivity contribution is 9.10. The van der Waals surface area contributed by atoms with Gasteiger partial charge in [0.05, 0.1) is 5.56 Å². The molecule has 0 spiro atoms. The second-order valence-electron chi connectivity index (χ2n) is 4.70. The van der Waals surface area contributed by atoms with E-state index >= 15 is 0 Å². The molecule has 19 heavy (non-hydrogen) atoms. The quantitative estimate of drug-likeness (QED) is 0.779. The minimum Gasteiger partial charge on any atom is -0.313 e. The van der Waals surface area contributed by atoms with E-state index in [4.69, 9.17) is 0 Å². The molecule has 0 radical (unpaired) electrons. The molecule has 1 aromatic carbocycles. The Hall–Kier alpha value is -0.590. The van der Waals surface area contributed by atoms with E-state index in [0.717, 1.165) is 12.6 Å². The van der Waals surface area contributed by atoms with Crippen LogP contribution in [0.15, 0.2) is 22.7 Å². The molecule has 1 fully saturated rings. The standard InChI is InChI=1S/C13H16BrF3N2/c14-10-2-1-9(12(7-10)13(15,16)17)8-18-5-6-19-11-3-4-11/h1-2,7,11,18-19H,3-6,8H2. The topological polar surface area (TPSA) is 24.1 Å². The fourth-order valence-corrected chi connectivity index (χ4v) is 2.20. The highest BCUT2D eigenvalue weighted by Crippen LogP contribution is 2.33. The molecule has 0 amide bonds. The molecule has 1 aliphatic rings. The molecule has 0 aromatic heterocycles. The fraction of sp³-hybridized carbons (Fsp3) is 0.538. The highest BCUT2D eigenvalue weighted by Gasteiger charge is 2.33. The summed E-state index contributed by atoms with van der Waals surface area (Å²) in [5.41, 5.74) is -0.299. The zero-order chi connectivity index (χ0) is 13.9. The van der Waals surface area contributed by atoms with Gasteiger partial charge in [-0.2, -0.15) is 13.2 Å². The Morgan fingerprint density at radius 2 is 1.95 bits per heavy atom.